The van der Waals surface area contributed by atoms with Gasteiger partial charge in [-0.25, -0.2) is 4.68 Å². The van der Waals surface area contributed by atoms with Crippen LogP contribution in [0.3, 0.4) is 0 Å². The van der Waals surface area contributed by atoms with Gasteiger partial charge in [-0.2, -0.15) is 26.3 Å². The second-order valence-electron chi connectivity index (χ2n) is 7.01. The fourth-order valence-electron chi connectivity index (χ4n) is 3.05. The first-order valence-corrected chi connectivity index (χ1v) is 9.35. The maximum Gasteiger partial charge on any atom is 0.416 e. The SMILES string of the molecule is Cc1c(NC(=O)COc2cc(C(F)(F)F)cc(C(F)(F)F)c2)c(=O)n(-c2ccccc2)n1C. The maximum absolute atomic E-state index is 12.9. The molecule has 0 aliphatic rings. The van der Waals surface area contributed by atoms with Gasteiger partial charge in [-0.05, 0) is 37.3 Å². The van der Waals surface area contributed by atoms with Crippen molar-refractivity contribution in [2.24, 2.45) is 7.05 Å². The molecule has 1 amide bonds. The van der Waals surface area contributed by atoms with Gasteiger partial charge in [-0.1, -0.05) is 18.2 Å². The molecule has 0 aliphatic heterocycles. The zero-order chi connectivity index (χ0) is 24.6. The molecular weight excluding hydrogens is 456 g/mol. The fourth-order valence-corrected chi connectivity index (χ4v) is 3.05. The average molecular weight is 473 g/mol. The predicted molar refractivity (Wildman–Crippen MR) is 106 cm³/mol. The summed E-state index contributed by atoms with van der Waals surface area (Å²) < 4.78 is 85.4. The van der Waals surface area contributed by atoms with Crippen LogP contribution >= 0.6 is 0 Å². The largest absolute Gasteiger partial charge is 0.484 e. The van der Waals surface area contributed by atoms with E-state index in [-0.39, 0.29) is 11.8 Å². The van der Waals surface area contributed by atoms with E-state index < -0.39 is 47.3 Å². The van der Waals surface area contributed by atoms with Gasteiger partial charge >= 0.3 is 12.4 Å². The summed E-state index contributed by atoms with van der Waals surface area (Å²) in [4.78, 5) is 25.0. The van der Waals surface area contributed by atoms with Gasteiger partial charge in [0.25, 0.3) is 11.5 Å². The summed E-state index contributed by atoms with van der Waals surface area (Å²) in [5.41, 5.74) is -2.93. The number of hydrogen-bond donors (Lipinski definition) is 1. The predicted octanol–water partition coefficient (Wildman–Crippen LogP) is 4.54. The molecule has 0 saturated carbocycles. The molecule has 0 atom stereocenters. The summed E-state index contributed by atoms with van der Waals surface area (Å²) >= 11 is 0. The van der Waals surface area contributed by atoms with Crippen LogP contribution in [0.25, 0.3) is 5.69 Å². The van der Waals surface area contributed by atoms with Gasteiger partial charge < -0.3 is 10.1 Å². The lowest BCUT2D eigenvalue weighted by atomic mass is 10.1. The number of aromatic nitrogens is 2. The smallest absolute Gasteiger partial charge is 0.416 e. The minimum absolute atomic E-state index is 0.0493. The second kappa shape index (κ2) is 8.68. The van der Waals surface area contributed by atoms with E-state index in [4.69, 9.17) is 4.74 Å². The number of benzene rings is 2. The molecule has 6 nitrogen and oxygen atoms in total. The van der Waals surface area contributed by atoms with E-state index in [1.807, 2.05) is 0 Å². The topological polar surface area (TPSA) is 65.3 Å². The van der Waals surface area contributed by atoms with Crippen LogP contribution < -0.4 is 15.6 Å². The summed E-state index contributed by atoms with van der Waals surface area (Å²) in [6.45, 7) is 0.636. The number of ether oxygens (including phenoxy) is 1. The molecule has 1 aromatic heterocycles. The third-order valence-corrected chi connectivity index (χ3v) is 4.75. The summed E-state index contributed by atoms with van der Waals surface area (Å²) in [6, 6.07) is 9.18. The highest BCUT2D eigenvalue weighted by molar-refractivity contribution is 5.92. The standard InChI is InChI=1S/C21H17F6N3O3/c1-12-18(19(32)30(29(12)2)15-6-4-3-5-7-15)28-17(31)11-33-16-9-13(20(22,23)24)8-14(10-16)21(25,26)27/h3-10H,11H2,1-2H3,(H,28,31). The highest BCUT2D eigenvalue weighted by atomic mass is 19.4. The molecule has 0 unspecified atom stereocenters. The number of carbonyl (C=O) groups is 1. The molecular formula is C21H17F6N3O3. The van der Waals surface area contributed by atoms with E-state index in [0.717, 1.165) is 0 Å². The molecule has 3 aromatic rings. The van der Waals surface area contributed by atoms with Crippen molar-refractivity contribution in [3.63, 3.8) is 0 Å². The third-order valence-electron chi connectivity index (χ3n) is 4.75. The Morgan fingerprint density at radius 1 is 0.970 bits per heavy atom. The maximum atomic E-state index is 12.9. The molecule has 0 aliphatic carbocycles. The van der Waals surface area contributed by atoms with Gasteiger partial charge in [-0.15, -0.1) is 0 Å². The van der Waals surface area contributed by atoms with Gasteiger partial charge in [0.05, 0.1) is 22.5 Å². The number of amides is 1. The van der Waals surface area contributed by atoms with Gasteiger partial charge in [-0.3, -0.25) is 14.3 Å². The minimum atomic E-state index is -5.05. The van der Waals surface area contributed by atoms with E-state index in [1.54, 1.807) is 44.3 Å². The minimum Gasteiger partial charge on any atom is -0.484 e. The Bertz CT molecular complexity index is 1190. The van der Waals surface area contributed by atoms with Crippen LogP contribution in [0.15, 0.2) is 53.3 Å². The number of anilines is 1. The zero-order valence-corrected chi connectivity index (χ0v) is 17.2. The number of alkyl halides is 6. The number of para-hydroxylation sites is 1. The Labute approximate surface area is 183 Å². The molecule has 0 bridgehead atoms. The second-order valence-corrected chi connectivity index (χ2v) is 7.01. The molecule has 0 fully saturated rings. The third kappa shape index (κ3) is 5.21. The lowest BCUT2D eigenvalue weighted by molar-refractivity contribution is -0.143. The van der Waals surface area contributed by atoms with Crippen molar-refractivity contribution >= 4 is 11.6 Å². The fraction of sp³-hybridized carbons (Fsp3) is 0.238. The van der Waals surface area contributed by atoms with Crippen molar-refractivity contribution in [2.75, 3.05) is 11.9 Å². The van der Waals surface area contributed by atoms with Crippen LogP contribution in [0.4, 0.5) is 32.0 Å². The van der Waals surface area contributed by atoms with Crippen LogP contribution in [0.2, 0.25) is 0 Å². The molecule has 0 spiro atoms. The first-order valence-electron chi connectivity index (χ1n) is 9.35. The van der Waals surface area contributed by atoms with E-state index in [0.29, 0.717) is 23.5 Å². The number of nitrogens with zero attached hydrogens (tertiary/aromatic N) is 2. The normalized spacial score (nSPS) is 12.0. The van der Waals surface area contributed by atoms with Gasteiger partial charge in [0.2, 0.25) is 0 Å². The monoisotopic (exact) mass is 473 g/mol. The lowest BCUT2D eigenvalue weighted by Crippen LogP contribution is -2.26. The Morgan fingerprint density at radius 3 is 2.03 bits per heavy atom. The number of rotatable bonds is 5. The molecule has 2 aromatic carbocycles. The van der Waals surface area contributed by atoms with Crippen LogP contribution in [0.1, 0.15) is 16.8 Å². The lowest BCUT2D eigenvalue weighted by Gasteiger charge is -2.14. The number of carbonyl (C=O) groups excluding carboxylic acids is 1. The van der Waals surface area contributed by atoms with Crippen molar-refractivity contribution in [2.45, 2.75) is 19.3 Å². The molecule has 33 heavy (non-hydrogen) atoms. The summed E-state index contributed by atoms with van der Waals surface area (Å²) in [5.74, 6) is -1.73. The van der Waals surface area contributed by atoms with Crippen LogP contribution in [-0.2, 0) is 24.2 Å². The average Bonchev–Trinajstić information content (AvgIpc) is 2.94. The molecule has 0 radical (unpaired) electrons. The molecule has 0 saturated heterocycles. The van der Waals surface area contributed by atoms with Crippen molar-refractivity contribution in [1.82, 2.24) is 9.36 Å². The van der Waals surface area contributed by atoms with Gasteiger partial charge in [0, 0.05) is 7.05 Å². The van der Waals surface area contributed by atoms with E-state index in [1.165, 1.54) is 9.36 Å². The van der Waals surface area contributed by atoms with Crippen molar-refractivity contribution in [3.05, 3.63) is 75.7 Å². The first kappa shape index (κ1) is 24.0. The zero-order valence-electron chi connectivity index (χ0n) is 17.2. The number of halogens is 6. The Kier molecular flexibility index (Phi) is 6.30. The highest BCUT2D eigenvalue weighted by Crippen LogP contribution is 2.38. The van der Waals surface area contributed by atoms with E-state index >= 15 is 0 Å². The van der Waals surface area contributed by atoms with Crippen LogP contribution in [-0.4, -0.2) is 21.9 Å². The summed E-state index contributed by atoms with van der Waals surface area (Å²) in [7, 11) is 1.58. The van der Waals surface area contributed by atoms with Crippen molar-refractivity contribution < 1.29 is 35.9 Å². The molecule has 3 rings (SSSR count). The molecule has 1 N–H and O–H groups in total. The molecule has 1 heterocycles. The van der Waals surface area contributed by atoms with E-state index in [2.05, 4.69) is 5.32 Å². The Morgan fingerprint density at radius 2 is 1.52 bits per heavy atom. The number of nitrogens with one attached hydrogen (secondary N) is 1. The Hall–Kier alpha value is -3.70. The summed E-state index contributed by atoms with van der Waals surface area (Å²) in [5, 5.41) is 2.31. The van der Waals surface area contributed by atoms with Gasteiger partial charge in [0.1, 0.15) is 11.4 Å². The molecule has 176 valence electrons. The van der Waals surface area contributed by atoms with E-state index in [9.17, 15) is 35.9 Å². The molecule has 12 heteroatoms. The Balaban J connectivity index is 1.81. The number of hydrogen-bond acceptors (Lipinski definition) is 3. The first-order chi connectivity index (χ1) is 15.3. The van der Waals surface area contributed by atoms with Crippen molar-refractivity contribution in [1.29, 1.82) is 0 Å². The highest BCUT2D eigenvalue weighted by Gasteiger charge is 2.37. The van der Waals surface area contributed by atoms with Gasteiger partial charge in [0.15, 0.2) is 6.61 Å². The van der Waals surface area contributed by atoms with Crippen LogP contribution in [0, 0.1) is 6.92 Å². The van der Waals surface area contributed by atoms with Crippen molar-refractivity contribution in [3.8, 4) is 11.4 Å². The summed E-state index contributed by atoms with van der Waals surface area (Å²) in [6.07, 6.45) is -10.1. The van der Waals surface area contributed by atoms with Crippen LogP contribution in [0.5, 0.6) is 5.75 Å². The quantitative estimate of drug-likeness (QED) is 0.554.